The Morgan fingerprint density at radius 1 is 1.10 bits per heavy atom. The van der Waals surface area contributed by atoms with Gasteiger partial charge in [0.15, 0.2) is 14.9 Å². The van der Waals surface area contributed by atoms with Crippen molar-refractivity contribution in [3.05, 3.63) is 35.9 Å². The number of hydrogen-bond donors (Lipinski definition) is 0. The Morgan fingerprint density at radius 3 is 2.40 bits per heavy atom. The van der Waals surface area contributed by atoms with Crippen molar-refractivity contribution in [2.24, 2.45) is 0 Å². The average Bonchev–Trinajstić information content (AvgIpc) is 2.35. The second kappa shape index (κ2) is 5.31. The lowest BCUT2D eigenvalue weighted by molar-refractivity contribution is 0.589. The molecule has 0 spiro atoms. The standard InChI is InChI=1S/C12H12ClNO4S2/c1-9-8-10-4-2-3-5-11(10)14-12(9)19(15,16)6-7-20(13,17)18/h2-5,8H,6-7H2,1H3. The van der Waals surface area contributed by atoms with E-state index in [-0.39, 0.29) is 5.03 Å². The summed E-state index contributed by atoms with van der Waals surface area (Å²) in [6.45, 7) is 1.63. The van der Waals surface area contributed by atoms with E-state index >= 15 is 0 Å². The van der Waals surface area contributed by atoms with Crippen LogP contribution in [0.5, 0.6) is 0 Å². The number of halogens is 1. The van der Waals surface area contributed by atoms with Gasteiger partial charge < -0.3 is 0 Å². The van der Waals surface area contributed by atoms with Crippen molar-refractivity contribution in [3.8, 4) is 0 Å². The normalized spacial score (nSPS) is 12.7. The molecule has 1 aromatic carbocycles. The second-order valence-electron chi connectivity index (χ2n) is 4.36. The Balaban J connectivity index is 2.48. The Morgan fingerprint density at radius 2 is 1.75 bits per heavy atom. The zero-order valence-electron chi connectivity index (χ0n) is 10.6. The first-order valence-electron chi connectivity index (χ1n) is 5.70. The van der Waals surface area contributed by atoms with Crippen LogP contribution >= 0.6 is 10.7 Å². The molecule has 2 rings (SSSR count). The van der Waals surface area contributed by atoms with Gasteiger partial charge in [-0.05, 0) is 24.6 Å². The molecule has 0 saturated carbocycles. The van der Waals surface area contributed by atoms with E-state index in [4.69, 9.17) is 10.7 Å². The van der Waals surface area contributed by atoms with Crippen molar-refractivity contribution in [2.75, 3.05) is 11.5 Å². The summed E-state index contributed by atoms with van der Waals surface area (Å²) in [6, 6.07) is 8.83. The van der Waals surface area contributed by atoms with Gasteiger partial charge in [0.1, 0.15) is 0 Å². The molecule has 0 fully saturated rings. The maximum absolute atomic E-state index is 12.2. The van der Waals surface area contributed by atoms with Gasteiger partial charge in [-0.2, -0.15) is 0 Å². The summed E-state index contributed by atoms with van der Waals surface area (Å²) >= 11 is 0. The molecule has 2 aromatic rings. The molecule has 5 nitrogen and oxygen atoms in total. The van der Waals surface area contributed by atoms with Crippen molar-refractivity contribution in [1.29, 1.82) is 0 Å². The molecule has 0 radical (unpaired) electrons. The molecule has 0 bridgehead atoms. The first-order valence-corrected chi connectivity index (χ1v) is 9.84. The van der Waals surface area contributed by atoms with E-state index in [2.05, 4.69) is 4.98 Å². The fourth-order valence-electron chi connectivity index (χ4n) is 1.82. The highest BCUT2D eigenvalue weighted by atomic mass is 35.7. The minimum Gasteiger partial charge on any atom is -0.236 e. The Bertz CT molecular complexity index is 860. The zero-order valence-corrected chi connectivity index (χ0v) is 13.0. The van der Waals surface area contributed by atoms with E-state index in [9.17, 15) is 16.8 Å². The molecule has 1 aromatic heterocycles. The summed E-state index contributed by atoms with van der Waals surface area (Å²) in [5, 5.41) is 0.727. The van der Waals surface area contributed by atoms with Crippen molar-refractivity contribution in [3.63, 3.8) is 0 Å². The summed E-state index contributed by atoms with van der Waals surface area (Å²) < 4.78 is 46.1. The van der Waals surface area contributed by atoms with Crippen LogP contribution in [0.25, 0.3) is 10.9 Å². The monoisotopic (exact) mass is 333 g/mol. The molecule has 8 heteroatoms. The number of fused-ring (bicyclic) bond motifs is 1. The summed E-state index contributed by atoms with van der Waals surface area (Å²) in [5.74, 6) is -1.21. The number of hydrogen-bond acceptors (Lipinski definition) is 5. The quantitative estimate of drug-likeness (QED) is 0.798. The third-order valence-corrected chi connectivity index (χ3v) is 5.92. The lowest BCUT2D eigenvalue weighted by Gasteiger charge is -2.07. The van der Waals surface area contributed by atoms with Gasteiger partial charge in [0.2, 0.25) is 9.05 Å². The Kier molecular flexibility index (Phi) is 4.04. The fraction of sp³-hybridized carbons (Fsp3) is 0.250. The number of aryl methyl sites for hydroxylation is 1. The van der Waals surface area contributed by atoms with E-state index in [1.54, 1.807) is 25.1 Å². The molecular weight excluding hydrogens is 322 g/mol. The van der Waals surface area contributed by atoms with Gasteiger partial charge in [-0.15, -0.1) is 0 Å². The summed E-state index contributed by atoms with van der Waals surface area (Å²) in [4.78, 5) is 4.12. The van der Waals surface area contributed by atoms with Crippen LogP contribution in [0.4, 0.5) is 0 Å². The predicted molar refractivity (Wildman–Crippen MR) is 78.2 cm³/mol. The number of para-hydroxylation sites is 1. The van der Waals surface area contributed by atoms with E-state index < -0.39 is 30.4 Å². The molecule has 0 N–H and O–H groups in total. The number of pyridine rings is 1. The van der Waals surface area contributed by atoms with Crippen LogP contribution in [0, 0.1) is 6.92 Å². The van der Waals surface area contributed by atoms with Crippen molar-refractivity contribution < 1.29 is 16.8 Å². The minimum atomic E-state index is -3.86. The van der Waals surface area contributed by atoms with Crippen LogP contribution in [0.2, 0.25) is 0 Å². The molecule has 0 amide bonds. The topological polar surface area (TPSA) is 81.2 Å². The van der Waals surface area contributed by atoms with Crippen LogP contribution in [0.3, 0.4) is 0 Å². The van der Waals surface area contributed by atoms with Crippen LogP contribution in [-0.2, 0) is 18.9 Å². The predicted octanol–water partition coefficient (Wildman–Crippen LogP) is 1.89. The smallest absolute Gasteiger partial charge is 0.233 e. The van der Waals surface area contributed by atoms with E-state index in [1.165, 1.54) is 0 Å². The first-order chi connectivity index (χ1) is 9.19. The number of sulfone groups is 1. The lowest BCUT2D eigenvalue weighted by Crippen LogP contribution is -2.16. The molecule has 0 saturated heterocycles. The fourth-order valence-corrected chi connectivity index (χ4v) is 5.05. The van der Waals surface area contributed by atoms with Gasteiger partial charge in [0.05, 0.1) is 17.0 Å². The molecule has 0 aliphatic carbocycles. The van der Waals surface area contributed by atoms with Gasteiger partial charge in [-0.25, -0.2) is 21.8 Å². The highest BCUT2D eigenvalue weighted by molar-refractivity contribution is 8.14. The molecule has 1 heterocycles. The van der Waals surface area contributed by atoms with Crippen LogP contribution in [0.15, 0.2) is 35.4 Å². The van der Waals surface area contributed by atoms with Gasteiger partial charge in [0, 0.05) is 16.1 Å². The van der Waals surface area contributed by atoms with Gasteiger partial charge in [-0.1, -0.05) is 18.2 Å². The summed E-state index contributed by atoms with van der Waals surface area (Å²) in [5.41, 5.74) is 1.03. The van der Waals surface area contributed by atoms with Gasteiger partial charge in [-0.3, -0.25) is 0 Å². The molecule has 0 aliphatic heterocycles. The SMILES string of the molecule is Cc1cc2ccccc2nc1S(=O)(=O)CCS(=O)(=O)Cl. The minimum absolute atomic E-state index is 0.100. The highest BCUT2D eigenvalue weighted by Crippen LogP contribution is 2.20. The molecule has 0 unspecified atom stereocenters. The zero-order chi connectivity index (χ0) is 15.0. The van der Waals surface area contributed by atoms with Crippen molar-refractivity contribution in [1.82, 2.24) is 4.98 Å². The van der Waals surface area contributed by atoms with Crippen LogP contribution in [-0.4, -0.2) is 33.3 Å². The van der Waals surface area contributed by atoms with E-state index in [0.717, 1.165) is 5.39 Å². The molecule has 0 aliphatic rings. The maximum atomic E-state index is 12.2. The number of rotatable bonds is 4. The van der Waals surface area contributed by atoms with Gasteiger partial charge >= 0.3 is 0 Å². The largest absolute Gasteiger partial charge is 0.236 e. The number of nitrogens with zero attached hydrogens (tertiary/aromatic N) is 1. The first kappa shape index (κ1) is 15.2. The highest BCUT2D eigenvalue weighted by Gasteiger charge is 2.22. The second-order valence-corrected chi connectivity index (χ2v) is 9.29. The molecule has 0 atom stereocenters. The summed E-state index contributed by atoms with van der Waals surface area (Å²) in [7, 11) is -2.60. The van der Waals surface area contributed by atoms with Crippen LogP contribution in [0.1, 0.15) is 5.56 Å². The van der Waals surface area contributed by atoms with E-state index in [0.29, 0.717) is 11.1 Å². The van der Waals surface area contributed by atoms with Crippen LogP contribution < -0.4 is 0 Å². The van der Waals surface area contributed by atoms with E-state index in [1.807, 2.05) is 12.1 Å². The lowest BCUT2D eigenvalue weighted by atomic mass is 10.2. The molecular formula is C12H12ClNO4S2. The molecule has 108 valence electrons. The third kappa shape index (κ3) is 3.47. The molecule has 20 heavy (non-hydrogen) atoms. The third-order valence-electron chi connectivity index (χ3n) is 2.76. The van der Waals surface area contributed by atoms with Gasteiger partial charge in [0.25, 0.3) is 0 Å². The average molecular weight is 334 g/mol. The maximum Gasteiger partial charge on any atom is 0.233 e. The van der Waals surface area contributed by atoms with Crippen molar-refractivity contribution in [2.45, 2.75) is 11.9 Å². The Hall–Kier alpha value is -1.18. The van der Waals surface area contributed by atoms with Crippen molar-refractivity contribution >= 4 is 40.5 Å². The summed E-state index contributed by atoms with van der Waals surface area (Å²) in [6.07, 6.45) is 0. The Labute approximate surface area is 121 Å². The number of benzene rings is 1. The number of aromatic nitrogens is 1.